The van der Waals surface area contributed by atoms with Gasteiger partial charge in [-0.05, 0) is 13.8 Å². The summed E-state index contributed by atoms with van der Waals surface area (Å²) < 4.78 is 39.6. The molecule has 1 N–H and O–H groups in total. The monoisotopic (exact) mass is 261 g/mol. The molecule has 0 unspecified atom stereocenters. The molecule has 1 amide bonds. The number of aliphatic hydroxyl groups excluding tert-OH is 1. The van der Waals surface area contributed by atoms with E-state index in [2.05, 4.69) is 0 Å². The van der Waals surface area contributed by atoms with Crippen LogP contribution >= 0.6 is 0 Å². The summed E-state index contributed by atoms with van der Waals surface area (Å²) in [6.45, 7) is 2.69. The fourth-order valence-corrected chi connectivity index (χ4v) is 1.30. The van der Waals surface area contributed by atoms with E-state index in [0.29, 0.717) is 12.1 Å². The number of rotatable bonds is 3. The number of benzene rings is 1. The average Bonchev–Trinajstić information content (AvgIpc) is 2.26. The number of nitrogens with zero attached hydrogens (tertiary/aromatic N) is 1. The van der Waals surface area contributed by atoms with Crippen LogP contribution in [0.1, 0.15) is 24.2 Å². The van der Waals surface area contributed by atoms with Gasteiger partial charge in [-0.3, -0.25) is 4.79 Å². The zero-order valence-corrected chi connectivity index (χ0v) is 10.3. The Morgan fingerprint density at radius 3 is 2.11 bits per heavy atom. The summed E-state index contributed by atoms with van der Waals surface area (Å²) in [4.78, 5) is 12.9. The molecule has 0 aliphatic heterocycles. The first-order valence-electron chi connectivity index (χ1n) is 5.24. The van der Waals surface area contributed by atoms with E-state index in [1.54, 1.807) is 0 Å². The standard InChI is InChI=1S/C12H14F3NO2/c1-12(2,6-17)16(3)11(18)10-8(14)4-7(13)5-9(10)15/h4-5,17H,6H2,1-3H3. The summed E-state index contributed by atoms with van der Waals surface area (Å²) in [5.41, 5.74) is -1.81. The van der Waals surface area contributed by atoms with E-state index in [9.17, 15) is 18.0 Å². The number of amides is 1. The minimum Gasteiger partial charge on any atom is -0.394 e. The van der Waals surface area contributed by atoms with E-state index in [-0.39, 0.29) is 6.61 Å². The highest BCUT2D eigenvalue weighted by Crippen LogP contribution is 2.20. The average molecular weight is 261 g/mol. The Kier molecular flexibility index (Phi) is 4.01. The summed E-state index contributed by atoms with van der Waals surface area (Å²) in [5, 5.41) is 9.10. The van der Waals surface area contributed by atoms with Gasteiger partial charge < -0.3 is 10.0 Å². The second-order valence-corrected chi connectivity index (χ2v) is 4.58. The summed E-state index contributed by atoms with van der Waals surface area (Å²) in [7, 11) is 1.31. The van der Waals surface area contributed by atoms with Crippen LogP contribution in [0, 0.1) is 17.5 Å². The summed E-state index contributed by atoms with van der Waals surface area (Å²) >= 11 is 0. The number of hydrogen-bond acceptors (Lipinski definition) is 2. The Labute approximate surface area is 103 Å². The molecule has 0 heterocycles. The number of halogens is 3. The van der Waals surface area contributed by atoms with Crippen LogP contribution in [0.5, 0.6) is 0 Å². The van der Waals surface area contributed by atoms with E-state index in [1.807, 2.05) is 0 Å². The van der Waals surface area contributed by atoms with Crippen molar-refractivity contribution < 1.29 is 23.1 Å². The molecule has 3 nitrogen and oxygen atoms in total. The lowest BCUT2D eigenvalue weighted by molar-refractivity contribution is 0.0464. The first kappa shape index (κ1) is 14.5. The lowest BCUT2D eigenvalue weighted by atomic mass is 10.0. The highest BCUT2D eigenvalue weighted by atomic mass is 19.1. The maximum absolute atomic E-state index is 13.4. The molecule has 0 saturated heterocycles. The lowest BCUT2D eigenvalue weighted by Crippen LogP contribution is -2.48. The minimum absolute atomic E-state index is 0.375. The molecule has 0 aromatic heterocycles. The zero-order chi connectivity index (χ0) is 14.1. The molecule has 1 rings (SSSR count). The predicted octanol–water partition coefficient (Wildman–Crippen LogP) is 1.95. The SMILES string of the molecule is CN(C(=O)c1c(F)cc(F)cc1F)C(C)(C)CO. The molecule has 0 spiro atoms. The molecule has 6 heteroatoms. The Balaban J connectivity index is 3.20. The van der Waals surface area contributed by atoms with Crippen LogP contribution in [0.3, 0.4) is 0 Å². The number of carbonyl (C=O) groups excluding carboxylic acids is 1. The van der Waals surface area contributed by atoms with Crippen molar-refractivity contribution in [1.82, 2.24) is 4.90 Å². The summed E-state index contributed by atoms with van der Waals surface area (Å²) in [6, 6.07) is 0.881. The molecule has 0 bridgehead atoms. The van der Waals surface area contributed by atoms with Crippen LogP contribution in [-0.4, -0.2) is 35.1 Å². The van der Waals surface area contributed by atoms with Gasteiger partial charge in [0.15, 0.2) is 0 Å². The maximum atomic E-state index is 13.4. The third kappa shape index (κ3) is 2.64. The van der Waals surface area contributed by atoms with E-state index >= 15 is 0 Å². The molecular formula is C12H14F3NO2. The summed E-state index contributed by atoms with van der Waals surface area (Å²) in [6.07, 6.45) is 0. The third-order valence-corrected chi connectivity index (χ3v) is 2.82. The number of hydrogen-bond donors (Lipinski definition) is 1. The smallest absolute Gasteiger partial charge is 0.260 e. The van der Waals surface area contributed by atoms with Crippen molar-refractivity contribution in [2.24, 2.45) is 0 Å². The minimum atomic E-state index is -1.27. The van der Waals surface area contributed by atoms with Gasteiger partial charge in [0, 0.05) is 19.2 Å². The molecule has 0 radical (unpaired) electrons. The topological polar surface area (TPSA) is 40.5 Å². The molecule has 1 aromatic rings. The quantitative estimate of drug-likeness (QED) is 0.903. The Morgan fingerprint density at radius 2 is 1.72 bits per heavy atom. The van der Waals surface area contributed by atoms with E-state index in [4.69, 9.17) is 5.11 Å². The van der Waals surface area contributed by atoms with Gasteiger partial charge in [-0.2, -0.15) is 0 Å². The number of likely N-dealkylation sites (N-methyl/N-ethyl adjacent to an activating group) is 1. The van der Waals surface area contributed by atoms with Crippen molar-refractivity contribution in [3.8, 4) is 0 Å². The third-order valence-electron chi connectivity index (χ3n) is 2.82. The van der Waals surface area contributed by atoms with Crippen LogP contribution in [0.4, 0.5) is 13.2 Å². The van der Waals surface area contributed by atoms with Crippen LogP contribution in [0.15, 0.2) is 12.1 Å². The van der Waals surface area contributed by atoms with Crippen molar-refractivity contribution in [2.45, 2.75) is 19.4 Å². The van der Waals surface area contributed by atoms with Crippen LogP contribution in [0.2, 0.25) is 0 Å². The molecule has 0 fully saturated rings. The molecule has 0 aliphatic rings. The Bertz CT molecular complexity index is 451. The van der Waals surface area contributed by atoms with Gasteiger partial charge in [-0.1, -0.05) is 0 Å². The van der Waals surface area contributed by atoms with E-state index < -0.39 is 34.5 Å². The molecule has 0 aliphatic carbocycles. The molecular weight excluding hydrogens is 247 g/mol. The van der Waals surface area contributed by atoms with Gasteiger partial charge in [0.25, 0.3) is 5.91 Å². The van der Waals surface area contributed by atoms with E-state index in [1.165, 1.54) is 20.9 Å². The largest absolute Gasteiger partial charge is 0.394 e. The van der Waals surface area contributed by atoms with Crippen LogP contribution in [0.25, 0.3) is 0 Å². The first-order valence-corrected chi connectivity index (χ1v) is 5.24. The van der Waals surface area contributed by atoms with Crippen LogP contribution in [-0.2, 0) is 0 Å². The fourth-order valence-electron chi connectivity index (χ4n) is 1.30. The highest BCUT2D eigenvalue weighted by Gasteiger charge is 2.31. The van der Waals surface area contributed by atoms with E-state index in [0.717, 1.165) is 4.90 Å². The summed E-state index contributed by atoms with van der Waals surface area (Å²) in [5.74, 6) is -4.58. The molecule has 0 atom stereocenters. The van der Waals surface area contributed by atoms with Gasteiger partial charge in [0.1, 0.15) is 23.0 Å². The zero-order valence-electron chi connectivity index (χ0n) is 10.3. The van der Waals surface area contributed by atoms with Crippen molar-refractivity contribution in [3.63, 3.8) is 0 Å². The van der Waals surface area contributed by atoms with Crippen molar-refractivity contribution >= 4 is 5.91 Å². The van der Waals surface area contributed by atoms with Crippen molar-refractivity contribution in [1.29, 1.82) is 0 Å². The van der Waals surface area contributed by atoms with Gasteiger partial charge in [0.05, 0.1) is 12.1 Å². The fraction of sp³-hybridized carbons (Fsp3) is 0.417. The second-order valence-electron chi connectivity index (χ2n) is 4.58. The second kappa shape index (κ2) is 4.97. The molecule has 1 aromatic carbocycles. The normalized spacial score (nSPS) is 11.5. The Hall–Kier alpha value is -1.56. The first-order chi connectivity index (χ1) is 8.20. The molecule has 0 saturated carbocycles. The lowest BCUT2D eigenvalue weighted by Gasteiger charge is -2.34. The van der Waals surface area contributed by atoms with Gasteiger partial charge in [0.2, 0.25) is 0 Å². The van der Waals surface area contributed by atoms with Crippen LogP contribution < -0.4 is 0 Å². The van der Waals surface area contributed by atoms with Gasteiger partial charge in [-0.15, -0.1) is 0 Å². The van der Waals surface area contributed by atoms with Gasteiger partial charge >= 0.3 is 0 Å². The van der Waals surface area contributed by atoms with Crippen molar-refractivity contribution in [3.05, 3.63) is 35.1 Å². The molecule has 100 valence electrons. The Morgan fingerprint density at radius 1 is 1.28 bits per heavy atom. The predicted molar refractivity (Wildman–Crippen MR) is 59.6 cm³/mol. The number of carbonyl (C=O) groups is 1. The highest BCUT2D eigenvalue weighted by molar-refractivity contribution is 5.95. The maximum Gasteiger partial charge on any atom is 0.260 e. The van der Waals surface area contributed by atoms with Gasteiger partial charge in [-0.25, -0.2) is 13.2 Å². The molecule has 18 heavy (non-hydrogen) atoms. The van der Waals surface area contributed by atoms with Crippen molar-refractivity contribution in [2.75, 3.05) is 13.7 Å². The number of aliphatic hydroxyl groups is 1.